The molecule has 2 rings (SSSR count). The lowest BCUT2D eigenvalue weighted by atomic mass is 9.98. The van der Waals surface area contributed by atoms with Crippen LogP contribution in [0, 0.1) is 5.92 Å². The SMILES string of the molecule is COc1ccc(CN(C)[C@H](C)C(=O)N2CCC(C)CC2)cc1O. The molecule has 1 aliphatic rings. The van der Waals surface area contributed by atoms with Crippen LogP contribution in [0.1, 0.15) is 32.3 Å². The molecule has 1 aliphatic heterocycles. The van der Waals surface area contributed by atoms with Crippen LogP contribution >= 0.6 is 0 Å². The molecule has 1 N–H and O–H groups in total. The molecule has 1 fully saturated rings. The first-order valence-electron chi connectivity index (χ1n) is 8.27. The maximum absolute atomic E-state index is 12.6. The van der Waals surface area contributed by atoms with Gasteiger partial charge in [-0.15, -0.1) is 0 Å². The summed E-state index contributed by atoms with van der Waals surface area (Å²) in [6, 6.07) is 5.17. The van der Waals surface area contributed by atoms with Gasteiger partial charge < -0.3 is 14.7 Å². The van der Waals surface area contributed by atoms with Gasteiger partial charge >= 0.3 is 0 Å². The minimum absolute atomic E-state index is 0.127. The number of rotatable bonds is 5. The second-order valence-corrected chi connectivity index (χ2v) is 6.61. The molecular weight excluding hydrogens is 292 g/mol. The molecule has 1 atom stereocenters. The number of nitrogens with zero attached hydrogens (tertiary/aromatic N) is 2. The number of piperidine rings is 1. The Morgan fingerprint density at radius 3 is 2.65 bits per heavy atom. The van der Waals surface area contributed by atoms with E-state index in [-0.39, 0.29) is 17.7 Å². The topological polar surface area (TPSA) is 53.0 Å². The fraction of sp³-hybridized carbons (Fsp3) is 0.611. The summed E-state index contributed by atoms with van der Waals surface area (Å²) >= 11 is 0. The normalized spacial score (nSPS) is 17.3. The summed E-state index contributed by atoms with van der Waals surface area (Å²) in [5.74, 6) is 1.50. The molecule has 0 bridgehead atoms. The molecule has 0 spiro atoms. The van der Waals surface area contributed by atoms with Gasteiger partial charge in [0.2, 0.25) is 5.91 Å². The van der Waals surface area contributed by atoms with Crippen molar-refractivity contribution in [2.24, 2.45) is 5.92 Å². The van der Waals surface area contributed by atoms with E-state index in [1.165, 1.54) is 7.11 Å². The first-order valence-corrected chi connectivity index (χ1v) is 8.27. The van der Waals surface area contributed by atoms with Gasteiger partial charge in [0.15, 0.2) is 11.5 Å². The average Bonchev–Trinajstić information content (AvgIpc) is 2.54. The number of phenolic OH excluding ortho intramolecular Hbond substituents is 1. The molecule has 0 radical (unpaired) electrons. The number of methoxy groups -OCH3 is 1. The third-order valence-electron chi connectivity index (χ3n) is 4.79. The van der Waals surface area contributed by atoms with E-state index in [4.69, 9.17) is 4.74 Å². The van der Waals surface area contributed by atoms with Gasteiger partial charge in [-0.3, -0.25) is 9.69 Å². The highest BCUT2D eigenvalue weighted by atomic mass is 16.5. The summed E-state index contributed by atoms with van der Waals surface area (Å²) < 4.78 is 5.05. The van der Waals surface area contributed by atoms with Crippen LogP contribution in [0.3, 0.4) is 0 Å². The van der Waals surface area contributed by atoms with Crippen molar-refractivity contribution in [1.82, 2.24) is 9.80 Å². The molecule has 1 saturated heterocycles. The fourth-order valence-corrected chi connectivity index (χ4v) is 2.94. The molecule has 1 aromatic rings. The first kappa shape index (κ1) is 17.6. The molecule has 128 valence electrons. The van der Waals surface area contributed by atoms with Crippen LogP contribution in [-0.4, -0.2) is 54.1 Å². The number of ether oxygens (including phenoxy) is 1. The molecule has 0 saturated carbocycles. The van der Waals surface area contributed by atoms with Crippen LogP contribution in [0.15, 0.2) is 18.2 Å². The monoisotopic (exact) mass is 320 g/mol. The van der Waals surface area contributed by atoms with Gasteiger partial charge in [0, 0.05) is 19.6 Å². The Morgan fingerprint density at radius 1 is 1.43 bits per heavy atom. The lowest BCUT2D eigenvalue weighted by Gasteiger charge is -2.34. The molecule has 1 heterocycles. The summed E-state index contributed by atoms with van der Waals surface area (Å²) in [6.45, 7) is 6.52. The minimum Gasteiger partial charge on any atom is -0.504 e. The summed E-state index contributed by atoms with van der Waals surface area (Å²) in [5, 5.41) is 9.86. The Hall–Kier alpha value is -1.75. The van der Waals surface area contributed by atoms with Crippen LogP contribution in [0.4, 0.5) is 0 Å². The Morgan fingerprint density at radius 2 is 2.09 bits per heavy atom. The van der Waals surface area contributed by atoms with Gasteiger partial charge in [0.25, 0.3) is 0 Å². The number of carbonyl (C=O) groups is 1. The fourth-order valence-electron chi connectivity index (χ4n) is 2.94. The number of benzene rings is 1. The quantitative estimate of drug-likeness (QED) is 0.905. The van der Waals surface area contributed by atoms with E-state index in [9.17, 15) is 9.90 Å². The van der Waals surface area contributed by atoms with Crippen LogP contribution in [-0.2, 0) is 11.3 Å². The highest BCUT2D eigenvalue weighted by Gasteiger charge is 2.26. The maximum atomic E-state index is 12.6. The Kier molecular flexibility index (Phi) is 5.88. The number of likely N-dealkylation sites (tertiary alicyclic amines) is 1. The average molecular weight is 320 g/mol. The molecule has 23 heavy (non-hydrogen) atoms. The second kappa shape index (κ2) is 7.68. The van der Waals surface area contributed by atoms with Crippen molar-refractivity contribution >= 4 is 5.91 Å². The maximum Gasteiger partial charge on any atom is 0.239 e. The van der Waals surface area contributed by atoms with Gasteiger partial charge in [-0.1, -0.05) is 13.0 Å². The van der Waals surface area contributed by atoms with E-state index in [0.29, 0.717) is 12.3 Å². The summed E-state index contributed by atoms with van der Waals surface area (Å²) in [5.41, 5.74) is 0.956. The van der Waals surface area contributed by atoms with E-state index in [1.807, 2.05) is 29.8 Å². The van der Waals surface area contributed by atoms with Crippen molar-refractivity contribution in [3.8, 4) is 11.5 Å². The van der Waals surface area contributed by atoms with Gasteiger partial charge in [0.05, 0.1) is 13.2 Å². The number of likely N-dealkylation sites (N-methyl/N-ethyl adjacent to an activating group) is 1. The molecule has 0 aromatic heterocycles. The van der Waals surface area contributed by atoms with Gasteiger partial charge in [-0.2, -0.15) is 0 Å². The molecule has 0 unspecified atom stereocenters. The summed E-state index contributed by atoms with van der Waals surface area (Å²) in [4.78, 5) is 16.6. The van der Waals surface area contributed by atoms with E-state index >= 15 is 0 Å². The minimum atomic E-state index is -0.173. The van der Waals surface area contributed by atoms with Gasteiger partial charge in [-0.25, -0.2) is 0 Å². The van der Waals surface area contributed by atoms with Crippen molar-refractivity contribution in [2.75, 3.05) is 27.2 Å². The predicted molar refractivity (Wildman–Crippen MR) is 90.6 cm³/mol. The second-order valence-electron chi connectivity index (χ2n) is 6.61. The first-order chi connectivity index (χ1) is 10.9. The highest BCUT2D eigenvalue weighted by Crippen LogP contribution is 2.27. The molecule has 0 aliphatic carbocycles. The van der Waals surface area contributed by atoms with Gasteiger partial charge in [-0.05, 0) is 50.4 Å². The molecule has 5 nitrogen and oxygen atoms in total. The third-order valence-corrected chi connectivity index (χ3v) is 4.79. The predicted octanol–water partition coefficient (Wildman–Crippen LogP) is 2.48. The number of amides is 1. The molecule has 1 aromatic carbocycles. The van der Waals surface area contributed by atoms with Crippen molar-refractivity contribution in [1.29, 1.82) is 0 Å². The number of phenols is 1. The molecule has 1 amide bonds. The van der Waals surface area contributed by atoms with Crippen molar-refractivity contribution < 1.29 is 14.6 Å². The van der Waals surface area contributed by atoms with Crippen molar-refractivity contribution in [2.45, 2.75) is 39.3 Å². The standard InChI is InChI=1S/C18H28N2O3/c1-13-7-9-20(10-8-13)18(22)14(2)19(3)12-15-5-6-17(23-4)16(21)11-15/h5-6,11,13-14,21H,7-10,12H2,1-4H3/t14-/m1/s1. The van der Waals surface area contributed by atoms with Crippen LogP contribution in [0.25, 0.3) is 0 Å². The smallest absolute Gasteiger partial charge is 0.239 e. The number of hydrogen-bond acceptors (Lipinski definition) is 4. The van der Waals surface area contributed by atoms with Crippen LogP contribution < -0.4 is 4.74 Å². The largest absolute Gasteiger partial charge is 0.504 e. The Bertz CT molecular complexity index is 539. The molecular formula is C18H28N2O3. The lowest BCUT2D eigenvalue weighted by molar-refractivity contribution is -0.137. The number of hydrogen-bond donors (Lipinski definition) is 1. The Balaban J connectivity index is 1.95. The highest BCUT2D eigenvalue weighted by molar-refractivity contribution is 5.81. The van der Waals surface area contributed by atoms with E-state index in [1.54, 1.807) is 12.1 Å². The van der Waals surface area contributed by atoms with Crippen molar-refractivity contribution in [3.63, 3.8) is 0 Å². The molecule has 5 heteroatoms. The zero-order valence-corrected chi connectivity index (χ0v) is 14.6. The van der Waals surface area contributed by atoms with Crippen LogP contribution in [0.5, 0.6) is 11.5 Å². The van der Waals surface area contributed by atoms with Crippen LogP contribution in [0.2, 0.25) is 0 Å². The zero-order chi connectivity index (χ0) is 17.0. The van der Waals surface area contributed by atoms with Crippen molar-refractivity contribution in [3.05, 3.63) is 23.8 Å². The van der Waals surface area contributed by atoms with Gasteiger partial charge in [0.1, 0.15) is 0 Å². The summed E-state index contributed by atoms with van der Waals surface area (Å²) in [7, 11) is 3.47. The Labute approximate surface area is 138 Å². The van der Waals surface area contributed by atoms with E-state index in [2.05, 4.69) is 6.92 Å². The summed E-state index contributed by atoms with van der Waals surface area (Å²) in [6.07, 6.45) is 2.18. The van der Waals surface area contributed by atoms with E-state index in [0.717, 1.165) is 37.4 Å². The lowest BCUT2D eigenvalue weighted by Crippen LogP contribution is -2.48. The number of carbonyl (C=O) groups excluding carboxylic acids is 1. The number of aromatic hydroxyl groups is 1. The van der Waals surface area contributed by atoms with E-state index < -0.39 is 0 Å². The third kappa shape index (κ3) is 4.38. The zero-order valence-electron chi connectivity index (χ0n) is 14.6.